The lowest BCUT2D eigenvalue weighted by atomic mass is 10.2. The number of halogens is 1. The molecule has 0 aliphatic carbocycles. The molecule has 4 rings (SSSR count). The fraction of sp³-hybridized carbons (Fsp3) is 0.435. The monoisotopic (exact) mass is 492 g/mol. The van der Waals surface area contributed by atoms with E-state index in [2.05, 4.69) is 15.5 Å². The SMILES string of the molecule is O=C(CNc1cc(Cl)ccc1N1CCOCC1)Nc1cccc(S(=O)(=O)N2CCCCC2)c1. The lowest BCUT2D eigenvalue weighted by Crippen LogP contribution is -2.36. The zero-order valence-electron chi connectivity index (χ0n) is 18.4. The summed E-state index contributed by atoms with van der Waals surface area (Å²) in [6.45, 7) is 3.92. The van der Waals surface area contributed by atoms with Crippen LogP contribution in [0, 0.1) is 0 Å². The number of amides is 1. The summed E-state index contributed by atoms with van der Waals surface area (Å²) in [5.41, 5.74) is 2.17. The third-order valence-electron chi connectivity index (χ3n) is 5.82. The van der Waals surface area contributed by atoms with Crippen LogP contribution in [0.15, 0.2) is 47.4 Å². The maximum atomic E-state index is 12.9. The highest BCUT2D eigenvalue weighted by Crippen LogP contribution is 2.30. The van der Waals surface area contributed by atoms with Gasteiger partial charge in [0.15, 0.2) is 0 Å². The van der Waals surface area contributed by atoms with Crippen molar-refractivity contribution in [1.82, 2.24) is 4.31 Å². The van der Waals surface area contributed by atoms with Crippen molar-refractivity contribution in [3.05, 3.63) is 47.5 Å². The summed E-state index contributed by atoms with van der Waals surface area (Å²) in [6, 6.07) is 12.0. The number of anilines is 3. The second kappa shape index (κ2) is 10.7. The van der Waals surface area contributed by atoms with E-state index >= 15 is 0 Å². The van der Waals surface area contributed by atoms with Gasteiger partial charge in [-0.3, -0.25) is 4.79 Å². The third-order valence-corrected chi connectivity index (χ3v) is 7.95. The fourth-order valence-corrected chi connectivity index (χ4v) is 5.83. The molecule has 2 aromatic rings. The first-order chi connectivity index (χ1) is 15.9. The summed E-state index contributed by atoms with van der Waals surface area (Å²) in [4.78, 5) is 15.0. The van der Waals surface area contributed by atoms with Crippen molar-refractivity contribution >= 4 is 44.6 Å². The van der Waals surface area contributed by atoms with E-state index in [0.717, 1.165) is 43.7 Å². The fourth-order valence-electron chi connectivity index (χ4n) is 4.10. The van der Waals surface area contributed by atoms with Gasteiger partial charge in [0, 0.05) is 36.9 Å². The molecular weight excluding hydrogens is 464 g/mol. The van der Waals surface area contributed by atoms with Gasteiger partial charge in [-0.1, -0.05) is 24.1 Å². The van der Waals surface area contributed by atoms with Crippen LogP contribution in [-0.4, -0.2) is 64.6 Å². The number of nitrogens with zero attached hydrogens (tertiary/aromatic N) is 2. The number of nitrogens with one attached hydrogen (secondary N) is 2. The van der Waals surface area contributed by atoms with Crippen LogP contribution in [-0.2, 0) is 19.6 Å². The van der Waals surface area contributed by atoms with Crippen molar-refractivity contribution in [2.24, 2.45) is 0 Å². The molecule has 2 fully saturated rings. The van der Waals surface area contributed by atoms with E-state index < -0.39 is 10.0 Å². The van der Waals surface area contributed by atoms with Gasteiger partial charge < -0.3 is 20.3 Å². The topological polar surface area (TPSA) is 91.0 Å². The Bertz CT molecular complexity index is 1080. The quantitative estimate of drug-likeness (QED) is 0.615. The van der Waals surface area contributed by atoms with Gasteiger partial charge in [-0.05, 0) is 49.2 Å². The molecular formula is C23H29ClN4O4S. The number of carbonyl (C=O) groups is 1. The molecule has 178 valence electrons. The highest BCUT2D eigenvalue weighted by molar-refractivity contribution is 7.89. The molecule has 0 unspecified atom stereocenters. The van der Waals surface area contributed by atoms with Crippen molar-refractivity contribution < 1.29 is 17.9 Å². The van der Waals surface area contributed by atoms with Crippen LogP contribution in [0.3, 0.4) is 0 Å². The molecule has 0 aromatic heterocycles. The second-order valence-electron chi connectivity index (χ2n) is 8.16. The van der Waals surface area contributed by atoms with Gasteiger partial charge in [0.1, 0.15) is 0 Å². The normalized spacial score (nSPS) is 17.5. The van der Waals surface area contributed by atoms with E-state index in [1.54, 1.807) is 24.3 Å². The zero-order chi connectivity index (χ0) is 23.3. The first-order valence-corrected chi connectivity index (χ1v) is 13.0. The molecule has 0 spiro atoms. The summed E-state index contributed by atoms with van der Waals surface area (Å²) in [7, 11) is -3.56. The van der Waals surface area contributed by atoms with E-state index in [-0.39, 0.29) is 17.3 Å². The van der Waals surface area contributed by atoms with Gasteiger partial charge >= 0.3 is 0 Å². The molecule has 0 saturated carbocycles. The second-order valence-corrected chi connectivity index (χ2v) is 10.5. The van der Waals surface area contributed by atoms with Crippen molar-refractivity contribution in [2.45, 2.75) is 24.2 Å². The molecule has 0 bridgehead atoms. The molecule has 2 N–H and O–H groups in total. The number of morpholine rings is 1. The Labute approximate surface area is 199 Å². The third kappa shape index (κ3) is 5.97. The average Bonchev–Trinajstić information content (AvgIpc) is 2.84. The maximum absolute atomic E-state index is 12.9. The van der Waals surface area contributed by atoms with Crippen LogP contribution in [0.5, 0.6) is 0 Å². The Morgan fingerprint density at radius 1 is 1.00 bits per heavy atom. The van der Waals surface area contributed by atoms with Crippen molar-refractivity contribution in [1.29, 1.82) is 0 Å². The van der Waals surface area contributed by atoms with E-state index in [9.17, 15) is 13.2 Å². The molecule has 0 radical (unpaired) electrons. The summed E-state index contributed by atoms with van der Waals surface area (Å²) in [5, 5.41) is 6.53. The van der Waals surface area contributed by atoms with Gasteiger partial charge in [0.05, 0.1) is 36.0 Å². The Morgan fingerprint density at radius 3 is 2.52 bits per heavy atom. The Hall–Kier alpha value is -2.33. The predicted molar refractivity (Wildman–Crippen MR) is 131 cm³/mol. The van der Waals surface area contributed by atoms with Crippen LogP contribution in [0.25, 0.3) is 0 Å². The highest BCUT2D eigenvalue weighted by Gasteiger charge is 2.26. The van der Waals surface area contributed by atoms with Crippen LogP contribution in [0.2, 0.25) is 5.02 Å². The minimum Gasteiger partial charge on any atom is -0.378 e. The summed E-state index contributed by atoms with van der Waals surface area (Å²) in [5.74, 6) is -0.282. The van der Waals surface area contributed by atoms with E-state index in [4.69, 9.17) is 16.3 Å². The molecule has 0 atom stereocenters. The summed E-state index contributed by atoms with van der Waals surface area (Å²) in [6.07, 6.45) is 2.80. The first kappa shape index (κ1) is 23.8. The number of carbonyl (C=O) groups excluding carboxylic acids is 1. The number of ether oxygens (including phenoxy) is 1. The minimum absolute atomic E-state index is 0.0147. The van der Waals surface area contributed by atoms with Gasteiger partial charge in [-0.25, -0.2) is 8.42 Å². The Balaban J connectivity index is 1.41. The van der Waals surface area contributed by atoms with Gasteiger partial charge in [0.2, 0.25) is 15.9 Å². The van der Waals surface area contributed by atoms with Gasteiger partial charge in [-0.2, -0.15) is 4.31 Å². The molecule has 2 aromatic carbocycles. The molecule has 2 heterocycles. The molecule has 2 aliphatic heterocycles. The number of piperidine rings is 1. The molecule has 10 heteroatoms. The van der Waals surface area contributed by atoms with Crippen molar-refractivity contribution in [3.8, 4) is 0 Å². The lowest BCUT2D eigenvalue weighted by molar-refractivity contribution is -0.114. The largest absolute Gasteiger partial charge is 0.378 e. The molecule has 1 amide bonds. The molecule has 8 nitrogen and oxygen atoms in total. The standard InChI is InChI=1S/C23H29ClN4O4S/c24-18-7-8-22(27-11-13-32-14-12-27)21(15-18)25-17-23(29)26-19-5-4-6-20(16-19)33(30,31)28-9-2-1-3-10-28/h4-8,15-16,25H,1-3,9-14,17H2,(H,26,29). The number of sulfonamides is 1. The van der Waals surface area contributed by atoms with Gasteiger partial charge in [-0.15, -0.1) is 0 Å². The summed E-state index contributed by atoms with van der Waals surface area (Å²) < 4.78 is 32.8. The van der Waals surface area contributed by atoms with E-state index in [0.29, 0.717) is 37.0 Å². The number of hydrogen-bond donors (Lipinski definition) is 2. The van der Waals surface area contributed by atoms with E-state index in [1.807, 2.05) is 12.1 Å². The predicted octanol–water partition coefficient (Wildman–Crippen LogP) is 3.40. The number of rotatable bonds is 7. The first-order valence-electron chi connectivity index (χ1n) is 11.2. The van der Waals surface area contributed by atoms with Crippen LogP contribution in [0.4, 0.5) is 17.1 Å². The molecule has 33 heavy (non-hydrogen) atoms. The Morgan fingerprint density at radius 2 is 1.76 bits per heavy atom. The number of benzene rings is 2. The van der Waals surface area contributed by atoms with Crippen molar-refractivity contribution in [2.75, 3.05) is 61.5 Å². The van der Waals surface area contributed by atoms with Gasteiger partial charge in [0.25, 0.3) is 0 Å². The van der Waals surface area contributed by atoms with Crippen LogP contribution < -0.4 is 15.5 Å². The molecule has 2 saturated heterocycles. The summed E-state index contributed by atoms with van der Waals surface area (Å²) >= 11 is 6.18. The minimum atomic E-state index is -3.56. The smallest absolute Gasteiger partial charge is 0.243 e. The van der Waals surface area contributed by atoms with Crippen LogP contribution in [0.1, 0.15) is 19.3 Å². The van der Waals surface area contributed by atoms with E-state index in [1.165, 1.54) is 10.4 Å². The zero-order valence-corrected chi connectivity index (χ0v) is 20.0. The maximum Gasteiger partial charge on any atom is 0.243 e. The Kier molecular flexibility index (Phi) is 7.75. The lowest BCUT2D eigenvalue weighted by Gasteiger charge is -2.30. The van der Waals surface area contributed by atoms with Crippen molar-refractivity contribution in [3.63, 3.8) is 0 Å². The average molecular weight is 493 g/mol. The van der Waals surface area contributed by atoms with Crippen LogP contribution >= 0.6 is 11.6 Å². The highest BCUT2D eigenvalue weighted by atomic mass is 35.5. The number of hydrogen-bond acceptors (Lipinski definition) is 6. The molecule has 2 aliphatic rings.